The Labute approximate surface area is 58.6 Å². The molecule has 0 amide bonds. The van der Waals surface area contributed by atoms with Crippen molar-refractivity contribution in [2.75, 3.05) is 12.4 Å². The minimum Gasteiger partial charge on any atom is -0.357 e. The van der Waals surface area contributed by atoms with Crippen LogP contribution in [-0.2, 0) is 13.1 Å². The van der Waals surface area contributed by atoms with E-state index in [1.54, 1.807) is 0 Å². The van der Waals surface area contributed by atoms with Gasteiger partial charge in [0, 0.05) is 20.1 Å². The maximum Gasteiger partial charge on any atom is 0.229 e. The Morgan fingerprint density at radius 2 is 2.50 bits per heavy atom. The van der Waals surface area contributed by atoms with E-state index in [1.807, 2.05) is 7.05 Å². The minimum atomic E-state index is 0.792. The van der Waals surface area contributed by atoms with Gasteiger partial charge in [-0.3, -0.25) is 0 Å². The normalized spacial score (nSPS) is 15.3. The van der Waals surface area contributed by atoms with Gasteiger partial charge in [0.2, 0.25) is 5.88 Å². The van der Waals surface area contributed by atoms with E-state index >= 15 is 0 Å². The average molecular weight is 139 g/mol. The summed E-state index contributed by atoms with van der Waals surface area (Å²) in [5.41, 5.74) is 2.20. The number of nitrogens with zero attached hydrogens (tertiary/aromatic N) is 1. The first-order valence-corrected chi connectivity index (χ1v) is 3.27. The van der Waals surface area contributed by atoms with E-state index in [0.717, 1.165) is 24.7 Å². The van der Waals surface area contributed by atoms with Crippen molar-refractivity contribution in [1.82, 2.24) is 10.5 Å². The van der Waals surface area contributed by atoms with Gasteiger partial charge < -0.3 is 15.2 Å². The van der Waals surface area contributed by atoms with Gasteiger partial charge >= 0.3 is 0 Å². The van der Waals surface area contributed by atoms with Crippen molar-refractivity contribution in [2.24, 2.45) is 0 Å². The molecule has 0 fully saturated rings. The van der Waals surface area contributed by atoms with E-state index in [2.05, 4.69) is 15.8 Å². The molecule has 0 saturated carbocycles. The van der Waals surface area contributed by atoms with Crippen LogP contribution < -0.4 is 10.6 Å². The molecule has 0 unspecified atom stereocenters. The van der Waals surface area contributed by atoms with Gasteiger partial charge in [-0.05, 0) is 0 Å². The smallest absolute Gasteiger partial charge is 0.229 e. The van der Waals surface area contributed by atoms with Crippen LogP contribution in [0.1, 0.15) is 11.3 Å². The Bertz CT molecular complexity index is 243. The summed E-state index contributed by atoms with van der Waals surface area (Å²) in [5, 5.41) is 9.99. The number of anilines is 1. The SMILES string of the molecule is CNc1onc2c1CNC2. The monoisotopic (exact) mass is 139 g/mol. The van der Waals surface area contributed by atoms with Gasteiger partial charge in [-0.1, -0.05) is 5.16 Å². The van der Waals surface area contributed by atoms with Crippen LogP contribution in [-0.4, -0.2) is 12.2 Å². The first kappa shape index (κ1) is 5.73. The van der Waals surface area contributed by atoms with E-state index < -0.39 is 0 Å². The molecule has 0 atom stereocenters. The number of hydrogen-bond donors (Lipinski definition) is 2. The molecule has 1 aromatic heterocycles. The van der Waals surface area contributed by atoms with Crippen LogP contribution in [0.4, 0.5) is 5.88 Å². The molecule has 4 nitrogen and oxygen atoms in total. The molecule has 0 aliphatic carbocycles. The summed E-state index contributed by atoms with van der Waals surface area (Å²) in [5.74, 6) is 0.792. The van der Waals surface area contributed by atoms with Gasteiger partial charge in [-0.15, -0.1) is 0 Å². The highest BCUT2D eigenvalue weighted by atomic mass is 16.5. The zero-order valence-corrected chi connectivity index (χ0v) is 5.77. The molecule has 0 bridgehead atoms. The van der Waals surface area contributed by atoms with Crippen molar-refractivity contribution in [2.45, 2.75) is 13.1 Å². The summed E-state index contributed by atoms with van der Waals surface area (Å²) < 4.78 is 4.99. The lowest BCUT2D eigenvalue weighted by atomic mass is 10.3. The number of rotatable bonds is 1. The Kier molecular flexibility index (Phi) is 1.14. The largest absolute Gasteiger partial charge is 0.357 e. The molecular weight excluding hydrogens is 130 g/mol. The lowest BCUT2D eigenvalue weighted by Gasteiger charge is -1.92. The van der Waals surface area contributed by atoms with Crippen molar-refractivity contribution < 1.29 is 4.52 Å². The standard InChI is InChI=1S/C6H9N3O/c1-7-6-4-2-8-3-5(4)9-10-6/h7-8H,2-3H2,1H3. The second-order valence-corrected chi connectivity index (χ2v) is 2.29. The summed E-state index contributed by atoms with van der Waals surface area (Å²) in [7, 11) is 1.83. The lowest BCUT2D eigenvalue weighted by molar-refractivity contribution is 0.419. The summed E-state index contributed by atoms with van der Waals surface area (Å²) in [6.45, 7) is 1.70. The molecule has 0 radical (unpaired) electrons. The summed E-state index contributed by atoms with van der Waals surface area (Å²) >= 11 is 0. The van der Waals surface area contributed by atoms with Crippen LogP contribution in [0, 0.1) is 0 Å². The fraction of sp³-hybridized carbons (Fsp3) is 0.500. The number of aromatic nitrogens is 1. The fourth-order valence-electron chi connectivity index (χ4n) is 1.17. The van der Waals surface area contributed by atoms with Gasteiger partial charge in [0.25, 0.3) is 0 Å². The van der Waals surface area contributed by atoms with Gasteiger partial charge in [0.05, 0.1) is 5.56 Å². The maximum absolute atomic E-state index is 4.99. The molecule has 0 saturated heterocycles. The molecule has 2 rings (SSSR count). The Hall–Kier alpha value is -1.03. The first-order valence-electron chi connectivity index (χ1n) is 3.27. The zero-order valence-electron chi connectivity index (χ0n) is 5.77. The van der Waals surface area contributed by atoms with E-state index in [-0.39, 0.29) is 0 Å². The van der Waals surface area contributed by atoms with Gasteiger partial charge in [0.15, 0.2) is 0 Å². The minimum absolute atomic E-state index is 0.792. The average Bonchev–Trinajstić information content (AvgIpc) is 2.44. The van der Waals surface area contributed by atoms with Crippen LogP contribution in [0.3, 0.4) is 0 Å². The Morgan fingerprint density at radius 1 is 1.60 bits per heavy atom. The van der Waals surface area contributed by atoms with Crippen molar-refractivity contribution in [3.8, 4) is 0 Å². The third-order valence-electron chi connectivity index (χ3n) is 1.69. The second kappa shape index (κ2) is 1.98. The summed E-state index contributed by atoms with van der Waals surface area (Å²) in [6, 6.07) is 0. The first-order chi connectivity index (χ1) is 4.92. The predicted octanol–water partition coefficient (Wildman–Crippen LogP) is 0.319. The number of fused-ring (bicyclic) bond motifs is 1. The van der Waals surface area contributed by atoms with E-state index in [9.17, 15) is 0 Å². The highest BCUT2D eigenvalue weighted by molar-refractivity contribution is 5.44. The van der Waals surface area contributed by atoms with Crippen molar-refractivity contribution in [1.29, 1.82) is 0 Å². The van der Waals surface area contributed by atoms with Gasteiger partial charge in [0.1, 0.15) is 5.69 Å². The van der Waals surface area contributed by atoms with Gasteiger partial charge in [-0.25, -0.2) is 0 Å². The molecule has 1 aliphatic heterocycles. The lowest BCUT2D eigenvalue weighted by Crippen LogP contribution is -2.02. The zero-order chi connectivity index (χ0) is 6.97. The van der Waals surface area contributed by atoms with Crippen LogP contribution in [0.2, 0.25) is 0 Å². The second-order valence-electron chi connectivity index (χ2n) is 2.29. The number of hydrogen-bond acceptors (Lipinski definition) is 4. The molecule has 1 aromatic rings. The van der Waals surface area contributed by atoms with E-state index in [1.165, 1.54) is 5.56 Å². The molecule has 54 valence electrons. The molecule has 0 aromatic carbocycles. The van der Waals surface area contributed by atoms with Crippen LogP contribution >= 0.6 is 0 Å². The van der Waals surface area contributed by atoms with Crippen molar-refractivity contribution in [3.63, 3.8) is 0 Å². The van der Waals surface area contributed by atoms with Crippen LogP contribution in [0.15, 0.2) is 4.52 Å². The Balaban J connectivity index is 2.44. The van der Waals surface area contributed by atoms with Crippen LogP contribution in [0.5, 0.6) is 0 Å². The molecule has 2 N–H and O–H groups in total. The fourth-order valence-corrected chi connectivity index (χ4v) is 1.17. The molecule has 0 spiro atoms. The topological polar surface area (TPSA) is 50.1 Å². The number of nitrogens with one attached hydrogen (secondary N) is 2. The molecule has 1 aliphatic rings. The molecule has 2 heterocycles. The van der Waals surface area contributed by atoms with E-state index in [4.69, 9.17) is 4.52 Å². The predicted molar refractivity (Wildman–Crippen MR) is 36.6 cm³/mol. The summed E-state index contributed by atoms with van der Waals surface area (Å²) in [6.07, 6.45) is 0. The van der Waals surface area contributed by atoms with Gasteiger partial charge in [-0.2, -0.15) is 0 Å². The molecular formula is C6H9N3O. The third-order valence-corrected chi connectivity index (χ3v) is 1.69. The third kappa shape index (κ3) is 0.623. The Morgan fingerprint density at radius 3 is 3.30 bits per heavy atom. The van der Waals surface area contributed by atoms with E-state index in [0.29, 0.717) is 0 Å². The van der Waals surface area contributed by atoms with Crippen molar-refractivity contribution >= 4 is 5.88 Å². The molecule has 10 heavy (non-hydrogen) atoms. The molecule has 4 heteroatoms. The highest BCUT2D eigenvalue weighted by Gasteiger charge is 2.18. The maximum atomic E-state index is 4.99. The highest BCUT2D eigenvalue weighted by Crippen LogP contribution is 2.22. The van der Waals surface area contributed by atoms with Crippen LogP contribution in [0.25, 0.3) is 0 Å². The summed E-state index contributed by atoms with van der Waals surface area (Å²) in [4.78, 5) is 0. The van der Waals surface area contributed by atoms with Crippen molar-refractivity contribution in [3.05, 3.63) is 11.3 Å². The quantitative estimate of drug-likeness (QED) is 0.588.